The van der Waals surface area contributed by atoms with Crippen LogP contribution in [0.15, 0.2) is 10.6 Å². The molecule has 1 N–H and O–H groups in total. The molecule has 106 valence electrons. The summed E-state index contributed by atoms with van der Waals surface area (Å²) in [6.07, 6.45) is 2.62. The number of aromatic nitrogens is 1. The summed E-state index contributed by atoms with van der Waals surface area (Å²) in [4.78, 5) is 4.85. The SMILES string of the molecule is CC1CN(C)CCN1Cc1cc(CNC2CC2)no1. The van der Waals surface area contributed by atoms with Gasteiger partial charge in [-0.25, -0.2) is 0 Å². The van der Waals surface area contributed by atoms with Gasteiger partial charge < -0.3 is 14.7 Å². The maximum Gasteiger partial charge on any atom is 0.151 e. The Bertz CT molecular complexity index is 415. The number of nitrogens with zero attached hydrogens (tertiary/aromatic N) is 3. The van der Waals surface area contributed by atoms with Gasteiger partial charge >= 0.3 is 0 Å². The number of likely N-dealkylation sites (N-methyl/N-ethyl adjacent to an activating group) is 1. The number of rotatable bonds is 5. The topological polar surface area (TPSA) is 44.5 Å². The van der Waals surface area contributed by atoms with E-state index >= 15 is 0 Å². The van der Waals surface area contributed by atoms with Gasteiger partial charge in [0, 0.05) is 44.3 Å². The zero-order valence-corrected chi connectivity index (χ0v) is 11.9. The van der Waals surface area contributed by atoms with Crippen LogP contribution in [0.2, 0.25) is 0 Å². The summed E-state index contributed by atoms with van der Waals surface area (Å²) in [5, 5.41) is 7.61. The van der Waals surface area contributed by atoms with Gasteiger partial charge in [-0.1, -0.05) is 5.16 Å². The lowest BCUT2D eigenvalue weighted by atomic mass is 10.2. The first-order valence-corrected chi connectivity index (χ1v) is 7.31. The lowest BCUT2D eigenvalue weighted by Crippen LogP contribution is -2.49. The number of piperazine rings is 1. The Morgan fingerprint density at radius 2 is 2.26 bits per heavy atom. The van der Waals surface area contributed by atoms with Gasteiger partial charge in [0.05, 0.1) is 12.2 Å². The molecular weight excluding hydrogens is 240 g/mol. The largest absolute Gasteiger partial charge is 0.360 e. The van der Waals surface area contributed by atoms with E-state index in [4.69, 9.17) is 4.52 Å². The minimum Gasteiger partial charge on any atom is -0.360 e. The Morgan fingerprint density at radius 1 is 1.42 bits per heavy atom. The molecule has 5 heteroatoms. The second kappa shape index (κ2) is 5.61. The molecule has 1 aliphatic carbocycles. The van der Waals surface area contributed by atoms with E-state index in [9.17, 15) is 0 Å². The molecule has 1 aliphatic heterocycles. The average Bonchev–Trinajstić information content (AvgIpc) is 3.10. The fraction of sp³-hybridized carbons (Fsp3) is 0.786. The smallest absolute Gasteiger partial charge is 0.151 e. The first-order chi connectivity index (χ1) is 9.20. The quantitative estimate of drug-likeness (QED) is 0.861. The summed E-state index contributed by atoms with van der Waals surface area (Å²) in [5.41, 5.74) is 1.03. The van der Waals surface area contributed by atoms with E-state index in [1.807, 2.05) is 0 Å². The molecule has 3 rings (SSSR count). The Hall–Kier alpha value is -0.910. The van der Waals surface area contributed by atoms with Crippen LogP contribution >= 0.6 is 0 Å². The number of hydrogen-bond donors (Lipinski definition) is 1. The van der Waals surface area contributed by atoms with Crippen molar-refractivity contribution in [1.29, 1.82) is 0 Å². The molecule has 2 aliphatic rings. The van der Waals surface area contributed by atoms with Crippen LogP contribution in [0.1, 0.15) is 31.2 Å². The molecule has 1 atom stereocenters. The van der Waals surface area contributed by atoms with Gasteiger partial charge in [0.25, 0.3) is 0 Å². The summed E-state index contributed by atoms with van der Waals surface area (Å²) >= 11 is 0. The van der Waals surface area contributed by atoms with Crippen molar-refractivity contribution in [3.63, 3.8) is 0 Å². The summed E-state index contributed by atoms with van der Waals surface area (Å²) in [6.45, 7) is 7.37. The minimum absolute atomic E-state index is 0.580. The van der Waals surface area contributed by atoms with Crippen LogP contribution in [0.3, 0.4) is 0 Å². The normalized spacial score (nSPS) is 25.9. The molecule has 0 bridgehead atoms. The summed E-state index contributed by atoms with van der Waals surface area (Å²) in [6, 6.07) is 3.40. The molecule has 1 aromatic heterocycles. The van der Waals surface area contributed by atoms with E-state index in [-0.39, 0.29) is 0 Å². The third kappa shape index (κ3) is 3.55. The molecule has 1 unspecified atom stereocenters. The van der Waals surface area contributed by atoms with Crippen LogP contribution in [0.25, 0.3) is 0 Å². The van der Waals surface area contributed by atoms with E-state index in [1.165, 1.54) is 12.8 Å². The molecule has 1 saturated carbocycles. The van der Waals surface area contributed by atoms with Crippen LogP contribution in [-0.4, -0.2) is 53.7 Å². The lowest BCUT2D eigenvalue weighted by molar-refractivity contribution is 0.0853. The van der Waals surface area contributed by atoms with E-state index in [0.29, 0.717) is 6.04 Å². The highest BCUT2D eigenvalue weighted by Crippen LogP contribution is 2.19. The third-order valence-electron chi connectivity index (χ3n) is 4.08. The molecule has 0 radical (unpaired) electrons. The third-order valence-corrected chi connectivity index (χ3v) is 4.08. The van der Waals surface area contributed by atoms with Gasteiger partial charge in [-0.05, 0) is 26.8 Å². The molecule has 2 fully saturated rings. The first-order valence-electron chi connectivity index (χ1n) is 7.31. The fourth-order valence-electron chi connectivity index (χ4n) is 2.66. The van der Waals surface area contributed by atoms with Gasteiger partial charge in [-0.2, -0.15) is 0 Å². The molecule has 5 nitrogen and oxygen atoms in total. The van der Waals surface area contributed by atoms with E-state index in [0.717, 1.165) is 50.2 Å². The molecule has 19 heavy (non-hydrogen) atoms. The highest BCUT2D eigenvalue weighted by molar-refractivity contribution is 5.06. The molecule has 0 amide bonds. The van der Waals surface area contributed by atoms with Crippen molar-refractivity contribution >= 4 is 0 Å². The minimum atomic E-state index is 0.580. The molecule has 0 aromatic carbocycles. The van der Waals surface area contributed by atoms with Crippen LogP contribution in [0.4, 0.5) is 0 Å². The van der Waals surface area contributed by atoms with E-state index in [2.05, 4.69) is 40.3 Å². The van der Waals surface area contributed by atoms with Crippen LogP contribution in [0, 0.1) is 0 Å². The zero-order valence-electron chi connectivity index (χ0n) is 11.9. The first kappa shape index (κ1) is 13.1. The Morgan fingerprint density at radius 3 is 3.00 bits per heavy atom. The monoisotopic (exact) mass is 264 g/mol. The number of nitrogens with one attached hydrogen (secondary N) is 1. The molecule has 2 heterocycles. The fourth-order valence-corrected chi connectivity index (χ4v) is 2.66. The van der Waals surface area contributed by atoms with E-state index < -0.39 is 0 Å². The Kier molecular flexibility index (Phi) is 3.86. The van der Waals surface area contributed by atoms with Crippen molar-refractivity contribution in [2.45, 2.75) is 44.9 Å². The zero-order chi connectivity index (χ0) is 13.2. The van der Waals surface area contributed by atoms with Crippen LogP contribution in [0.5, 0.6) is 0 Å². The van der Waals surface area contributed by atoms with Crippen LogP contribution in [-0.2, 0) is 13.1 Å². The second-order valence-corrected chi connectivity index (χ2v) is 6.02. The predicted octanol–water partition coefficient (Wildman–Crippen LogP) is 1.06. The molecule has 1 saturated heterocycles. The average molecular weight is 264 g/mol. The van der Waals surface area contributed by atoms with Gasteiger partial charge in [0.2, 0.25) is 0 Å². The number of hydrogen-bond acceptors (Lipinski definition) is 5. The highest BCUT2D eigenvalue weighted by Gasteiger charge is 2.23. The van der Waals surface area contributed by atoms with Gasteiger partial charge in [-0.3, -0.25) is 4.90 Å². The van der Waals surface area contributed by atoms with Crippen LogP contribution < -0.4 is 5.32 Å². The standard InChI is InChI=1S/C14H24N4O/c1-11-9-17(2)5-6-18(11)10-14-7-13(16-19-14)8-15-12-3-4-12/h7,11-12,15H,3-6,8-10H2,1-2H3. The van der Waals surface area contributed by atoms with Crippen molar-refractivity contribution in [3.05, 3.63) is 17.5 Å². The van der Waals surface area contributed by atoms with Crippen molar-refractivity contribution < 1.29 is 4.52 Å². The summed E-state index contributed by atoms with van der Waals surface area (Å²) in [5.74, 6) is 0.990. The van der Waals surface area contributed by atoms with Gasteiger partial charge in [0.1, 0.15) is 0 Å². The van der Waals surface area contributed by atoms with Gasteiger partial charge in [0.15, 0.2) is 5.76 Å². The van der Waals surface area contributed by atoms with Crippen molar-refractivity contribution in [3.8, 4) is 0 Å². The molecule has 1 aromatic rings. The second-order valence-electron chi connectivity index (χ2n) is 6.02. The summed E-state index contributed by atoms with van der Waals surface area (Å²) in [7, 11) is 2.18. The maximum absolute atomic E-state index is 5.45. The molecule has 0 spiro atoms. The van der Waals surface area contributed by atoms with E-state index in [1.54, 1.807) is 0 Å². The van der Waals surface area contributed by atoms with Crippen molar-refractivity contribution in [1.82, 2.24) is 20.3 Å². The summed E-state index contributed by atoms with van der Waals surface area (Å²) < 4.78 is 5.45. The predicted molar refractivity (Wildman–Crippen MR) is 73.7 cm³/mol. The lowest BCUT2D eigenvalue weighted by Gasteiger charge is -2.37. The van der Waals surface area contributed by atoms with Gasteiger partial charge in [-0.15, -0.1) is 0 Å². The molecular formula is C14H24N4O. The highest BCUT2D eigenvalue weighted by atomic mass is 16.5. The van der Waals surface area contributed by atoms with Crippen molar-refractivity contribution in [2.24, 2.45) is 0 Å². The van der Waals surface area contributed by atoms with Crippen molar-refractivity contribution in [2.75, 3.05) is 26.7 Å². The Labute approximate surface area is 114 Å². The maximum atomic E-state index is 5.45. The Balaban J connectivity index is 1.51.